The Morgan fingerprint density at radius 2 is 1.77 bits per heavy atom. The Labute approximate surface area is 177 Å². The number of aromatic nitrogens is 2. The lowest BCUT2D eigenvalue weighted by Gasteiger charge is -2.10. The Morgan fingerprint density at radius 3 is 2.45 bits per heavy atom. The van der Waals surface area contributed by atoms with Gasteiger partial charge in [0, 0.05) is 23.6 Å². The van der Waals surface area contributed by atoms with Gasteiger partial charge in [-0.15, -0.1) is 0 Å². The van der Waals surface area contributed by atoms with Gasteiger partial charge in [-0.05, 0) is 48.4 Å². The summed E-state index contributed by atoms with van der Waals surface area (Å²) in [5.74, 6) is -0.442. The number of hydrogen-bond donors (Lipinski definition) is 1. The summed E-state index contributed by atoms with van der Waals surface area (Å²) in [4.78, 5) is 4.61. The smallest absolute Gasteiger partial charge is 0.306 e. The van der Waals surface area contributed by atoms with Crippen LogP contribution in [0.3, 0.4) is 0 Å². The van der Waals surface area contributed by atoms with E-state index in [1.165, 1.54) is 0 Å². The number of rotatable bonds is 5. The van der Waals surface area contributed by atoms with Gasteiger partial charge in [-0.3, -0.25) is 4.72 Å². The molecule has 0 fully saturated rings. The van der Waals surface area contributed by atoms with Crippen LogP contribution < -0.4 is 4.72 Å². The minimum absolute atomic E-state index is 0.257. The predicted molar refractivity (Wildman–Crippen MR) is 113 cm³/mol. The maximum atomic E-state index is 12.7. The van der Waals surface area contributed by atoms with Crippen molar-refractivity contribution in [3.8, 4) is 11.3 Å². The lowest BCUT2D eigenvalue weighted by Crippen LogP contribution is -2.15. The number of hydrogen-bond acceptors (Lipinski definition) is 3. The molecule has 0 aliphatic heterocycles. The fraction of sp³-hybridized carbons (Fsp3) is 0.136. The molecule has 0 aliphatic rings. The molecule has 4 aromatic rings. The van der Waals surface area contributed by atoms with E-state index < -0.39 is 27.5 Å². The normalized spacial score (nSPS) is 12.3. The minimum Gasteiger partial charge on any atom is -0.306 e. The average Bonchev–Trinajstić information content (AvgIpc) is 3.13. The molecule has 2 aromatic heterocycles. The van der Waals surface area contributed by atoms with Crippen molar-refractivity contribution in [2.45, 2.75) is 18.9 Å². The molecule has 1 N–H and O–H groups in total. The molecule has 0 aliphatic carbocycles. The molecule has 0 atom stereocenters. The first-order valence-corrected chi connectivity index (χ1v) is 11.0. The van der Waals surface area contributed by atoms with E-state index in [4.69, 9.17) is 0 Å². The summed E-state index contributed by atoms with van der Waals surface area (Å²) < 4.78 is 67.5. The highest BCUT2D eigenvalue weighted by Crippen LogP contribution is 2.29. The summed E-state index contributed by atoms with van der Waals surface area (Å²) in [5, 5.41) is 0. The monoisotopic (exact) mass is 445 g/mol. The van der Waals surface area contributed by atoms with Crippen LogP contribution in [0, 0.1) is 6.92 Å². The summed E-state index contributed by atoms with van der Waals surface area (Å²) >= 11 is 0. The van der Waals surface area contributed by atoms with Gasteiger partial charge in [0.05, 0.1) is 17.0 Å². The molecule has 2 heterocycles. The van der Waals surface area contributed by atoms with Crippen LogP contribution in [0.4, 0.5) is 18.9 Å². The molecular weight excluding hydrogens is 427 g/mol. The van der Waals surface area contributed by atoms with E-state index >= 15 is 0 Å². The molecule has 0 radical (unpaired) electrons. The number of benzene rings is 2. The number of nitrogens with one attached hydrogen (secondary N) is 1. The molecule has 0 saturated carbocycles. The third-order valence-corrected chi connectivity index (χ3v) is 6.01. The standard InChI is InChI=1S/C22H18F3N3O2S/c1-15-4-3-11-28-13-20(26-21(15)28)17-5-2-6-19(12-17)27-31(29,30)14-16-7-9-18(10-8-16)22(23,24)25/h2-13,27H,14H2,1H3. The Morgan fingerprint density at radius 1 is 1.03 bits per heavy atom. The first kappa shape index (κ1) is 20.9. The number of alkyl halides is 3. The number of anilines is 1. The first-order valence-electron chi connectivity index (χ1n) is 9.32. The molecule has 2 aromatic carbocycles. The van der Waals surface area contributed by atoms with Crippen molar-refractivity contribution in [3.05, 3.63) is 89.7 Å². The number of aryl methyl sites for hydroxylation is 1. The van der Waals surface area contributed by atoms with Crippen LogP contribution in [0.5, 0.6) is 0 Å². The van der Waals surface area contributed by atoms with Crippen molar-refractivity contribution in [1.29, 1.82) is 0 Å². The van der Waals surface area contributed by atoms with Crippen LogP contribution in [0.15, 0.2) is 73.1 Å². The molecule has 0 amide bonds. The topological polar surface area (TPSA) is 63.5 Å². The molecule has 0 bridgehead atoms. The van der Waals surface area contributed by atoms with Crippen LogP contribution >= 0.6 is 0 Å². The largest absolute Gasteiger partial charge is 0.416 e. The second-order valence-electron chi connectivity index (χ2n) is 7.18. The van der Waals surface area contributed by atoms with Crippen molar-refractivity contribution >= 4 is 21.4 Å². The van der Waals surface area contributed by atoms with Crippen LogP contribution in [0.1, 0.15) is 16.7 Å². The SMILES string of the molecule is Cc1cccn2cc(-c3cccc(NS(=O)(=O)Cc4ccc(C(F)(F)F)cc4)c3)nc12. The van der Waals surface area contributed by atoms with Gasteiger partial charge in [0.15, 0.2) is 0 Å². The van der Waals surface area contributed by atoms with Gasteiger partial charge in [0.25, 0.3) is 0 Å². The van der Waals surface area contributed by atoms with Gasteiger partial charge in [-0.1, -0.05) is 30.3 Å². The summed E-state index contributed by atoms with van der Waals surface area (Å²) in [6.07, 6.45) is -0.722. The number of pyridine rings is 1. The maximum absolute atomic E-state index is 12.7. The quantitative estimate of drug-likeness (QED) is 0.455. The number of halogens is 3. The zero-order valence-electron chi connectivity index (χ0n) is 16.4. The third kappa shape index (κ3) is 4.72. The van der Waals surface area contributed by atoms with Gasteiger partial charge in [0.1, 0.15) is 5.65 Å². The van der Waals surface area contributed by atoms with E-state index in [9.17, 15) is 21.6 Å². The highest BCUT2D eigenvalue weighted by molar-refractivity contribution is 7.91. The molecule has 0 spiro atoms. The van der Waals surface area contributed by atoms with E-state index in [1.54, 1.807) is 18.2 Å². The fourth-order valence-corrected chi connectivity index (χ4v) is 4.45. The number of fused-ring (bicyclic) bond motifs is 1. The van der Waals surface area contributed by atoms with Crippen molar-refractivity contribution < 1.29 is 21.6 Å². The van der Waals surface area contributed by atoms with Gasteiger partial charge in [-0.2, -0.15) is 13.2 Å². The van der Waals surface area contributed by atoms with Crippen molar-refractivity contribution in [2.75, 3.05) is 4.72 Å². The molecular formula is C22H18F3N3O2S. The second-order valence-corrected chi connectivity index (χ2v) is 8.91. The molecule has 0 unspecified atom stereocenters. The number of nitrogens with zero attached hydrogens (tertiary/aromatic N) is 2. The first-order chi connectivity index (χ1) is 14.6. The van der Waals surface area contributed by atoms with E-state index in [1.807, 2.05) is 41.9 Å². The third-order valence-electron chi connectivity index (χ3n) is 4.75. The van der Waals surface area contributed by atoms with Crippen LogP contribution in [-0.2, 0) is 22.0 Å². The molecule has 4 rings (SSSR count). The Balaban J connectivity index is 1.54. The molecule has 5 nitrogen and oxygen atoms in total. The van der Waals surface area contributed by atoms with E-state index in [2.05, 4.69) is 9.71 Å². The summed E-state index contributed by atoms with van der Waals surface area (Å²) in [6.45, 7) is 1.96. The number of sulfonamides is 1. The lowest BCUT2D eigenvalue weighted by molar-refractivity contribution is -0.137. The Kier molecular flexibility index (Phi) is 5.22. The minimum atomic E-state index is -4.47. The zero-order valence-corrected chi connectivity index (χ0v) is 17.2. The van der Waals surface area contributed by atoms with Gasteiger partial charge < -0.3 is 4.40 Å². The van der Waals surface area contributed by atoms with Crippen molar-refractivity contribution in [2.24, 2.45) is 0 Å². The van der Waals surface area contributed by atoms with E-state index in [0.717, 1.165) is 41.0 Å². The van der Waals surface area contributed by atoms with E-state index in [0.29, 0.717) is 11.4 Å². The number of imidazole rings is 1. The summed E-state index contributed by atoms with van der Waals surface area (Å²) in [6, 6.07) is 14.8. The maximum Gasteiger partial charge on any atom is 0.416 e. The zero-order chi connectivity index (χ0) is 22.2. The predicted octanol–water partition coefficient (Wildman–Crippen LogP) is 5.27. The van der Waals surface area contributed by atoms with Crippen molar-refractivity contribution in [3.63, 3.8) is 0 Å². The summed E-state index contributed by atoms with van der Waals surface area (Å²) in [5.41, 5.74) is 3.03. The van der Waals surface area contributed by atoms with Crippen LogP contribution in [0.25, 0.3) is 16.9 Å². The Bertz CT molecular complexity index is 1340. The molecule has 0 saturated heterocycles. The van der Waals surface area contributed by atoms with Crippen LogP contribution in [-0.4, -0.2) is 17.8 Å². The average molecular weight is 445 g/mol. The van der Waals surface area contributed by atoms with Crippen LogP contribution in [0.2, 0.25) is 0 Å². The van der Waals surface area contributed by atoms with Crippen molar-refractivity contribution in [1.82, 2.24) is 9.38 Å². The fourth-order valence-electron chi connectivity index (χ4n) is 3.26. The highest BCUT2D eigenvalue weighted by atomic mass is 32.2. The highest BCUT2D eigenvalue weighted by Gasteiger charge is 2.30. The summed E-state index contributed by atoms with van der Waals surface area (Å²) in [7, 11) is -3.82. The van der Waals surface area contributed by atoms with Gasteiger partial charge in [-0.25, -0.2) is 13.4 Å². The molecule has 9 heteroatoms. The lowest BCUT2D eigenvalue weighted by atomic mass is 10.1. The Hall–Kier alpha value is -3.33. The second kappa shape index (κ2) is 7.73. The van der Waals surface area contributed by atoms with Gasteiger partial charge >= 0.3 is 6.18 Å². The molecule has 160 valence electrons. The van der Waals surface area contributed by atoms with Gasteiger partial charge in [0.2, 0.25) is 10.0 Å². The molecule has 31 heavy (non-hydrogen) atoms. The van der Waals surface area contributed by atoms with E-state index in [-0.39, 0.29) is 5.56 Å².